The summed E-state index contributed by atoms with van der Waals surface area (Å²) in [6.45, 7) is 4.21. The highest BCUT2D eigenvalue weighted by atomic mass is 16.5. The summed E-state index contributed by atoms with van der Waals surface area (Å²) < 4.78 is 6.79. The molecule has 1 heterocycles. The number of rotatable bonds is 7. The van der Waals surface area contributed by atoms with Gasteiger partial charge in [0.05, 0.1) is 12.7 Å². The Balaban J connectivity index is 1.46. The summed E-state index contributed by atoms with van der Waals surface area (Å²) >= 11 is 0. The van der Waals surface area contributed by atoms with E-state index in [4.69, 9.17) is 4.74 Å². The first-order chi connectivity index (χ1) is 14.0. The van der Waals surface area contributed by atoms with Crippen LogP contribution in [-0.4, -0.2) is 28.3 Å². The number of esters is 1. The fourth-order valence-electron chi connectivity index (χ4n) is 2.92. The van der Waals surface area contributed by atoms with E-state index in [1.807, 2.05) is 68.6 Å². The van der Waals surface area contributed by atoms with Gasteiger partial charge < -0.3 is 10.1 Å². The number of aryl methyl sites for hydroxylation is 2. The Morgan fingerprint density at radius 2 is 1.83 bits per heavy atom. The van der Waals surface area contributed by atoms with Crippen LogP contribution < -0.4 is 5.32 Å². The number of hydrogen-bond acceptors (Lipinski definition) is 4. The van der Waals surface area contributed by atoms with Gasteiger partial charge in [0.15, 0.2) is 6.61 Å². The number of carbonyl (C=O) groups is 2. The second kappa shape index (κ2) is 9.50. The third-order valence-corrected chi connectivity index (χ3v) is 4.10. The quantitative estimate of drug-likeness (QED) is 0.493. The zero-order valence-corrected chi connectivity index (χ0v) is 16.5. The summed E-state index contributed by atoms with van der Waals surface area (Å²) in [5.74, 6) is -0.969. The number of aromatic nitrogens is 2. The maximum absolute atomic E-state index is 12.0. The van der Waals surface area contributed by atoms with Crippen molar-refractivity contribution in [2.75, 3.05) is 11.9 Å². The lowest BCUT2D eigenvalue weighted by atomic mass is 10.1. The van der Waals surface area contributed by atoms with Gasteiger partial charge in [-0.2, -0.15) is 5.10 Å². The van der Waals surface area contributed by atoms with Crippen molar-refractivity contribution in [2.24, 2.45) is 0 Å². The van der Waals surface area contributed by atoms with Crippen LogP contribution in [0.2, 0.25) is 0 Å². The van der Waals surface area contributed by atoms with E-state index in [0.29, 0.717) is 12.2 Å². The summed E-state index contributed by atoms with van der Waals surface area (Å²) in [4.78, 5) is 23.8. The molecule has 0 atom stereocenters. The molecule has 0 aliphatic carbocycles. The zero-order valence-electron chi connectivity index (χ0n) is 16.5. The molecule has 3 rings (SSSR count). The predicted octanol–water partition coefficient (Wildman–Crippen LogP) is 3.74. The van der Waals surface area contributed by atoms with E-state index in [2.05, 4.69) is 10.4 Å². The lowest BCUT2D eigenvalue weighted by molar-refractivity contribution is -0.142. The Hall–Kier alpha value is -3.67. The fourth-order valence-corrected chi connectivity index (χ4v) is 2.92. The average Bonchev–Trinajstić information content (AvgIpc) is 3.12. The molecule has 0 saturated heterocycles. The van der Waals surface area contributed by atoms with Gasteiger partial charge in [0.25, 0.3) is 5.91 Å². The molecular formula is C23H23N3O3. The molecule has 0 fully saturated rings. The van der Waals surface area contributed by atoms with Crippen molar-refractivity contribution >= 4 is 23.6 Å². The summed E-state index contributed by atoms with van der Waals surface area (Å²) in [6, 6.07) is 15.7. The Morgan fingerprint density at radius 3 is 2.55 bits per heavy atom. The van der Waals surface area contributed by atoms with E-state index in [9.17, 15) is 9.59 Å². The second-order valence-corrected chi connectivity index (χ2v) is 6.82. The largest absolute Gasteiger partial charge is 0.452 e. The molecule has 0 unspecified atom stereocenters. The van der Waals surface area contributed by atoms with Crippen molar-refractivity contribution in [1.29, 1.82) is 0 Å². The van der Waals surface area contributed by atoms with Crippen molar-refractivity contribution in [3.8, 4) is 0 Å². The molecule has 2 aromatic carbocycles. The summed E-state index contributed by atoms with van der Waals surface area (Å²) in [5, 5.41) is 7.00. The minimum Gasteiger partial charge on any atom is -0.452 e. The minimum absolute atomic E-state index is 0.344. The highest BCUT2D eigenvalue weighted by Gasteiger charge is 2.07. The number of amides is 1. The average molecular weight is 389 g/mol. The van der Waals surface area contributed by atoms with Gasteiger partial charge in [-0.3, -0.25) is 9.48 Å². The third-order valence-electron chi connectivity index (χ3n) is 4.10. The van der Waals surface area contributed by atoms with Crippen LogP contribution in [-0.2, 0) is 20.9 Å². The van der Waals surface area contributed by atoms with Gasteiger partial charge in [0.1, 0.15) is 0 Å². The van der Waals surface area contributed by atoms with Crippen molar-refractivity contribution in [2.45, 2.75) is 20.4 Å². The van der Waals surface area contributed by atoms with Crippen LogP contribution in [0.15, 0.2) is 67.0 Å². The SMILES string of the molecule is Cc1cc(C)cc(NC(=O)COC(=O)/C=C/c2cnn(Cc3ccccc3)c2)c1. The van der Waals surface area contributed by atoms with E-state index in [0.717, 1.165) is 22.3 Å². The van der Waals surface area contributed by atoms with Crippen molar-refractivity contribution in [3.63, 3.8) is 0 Å². The molecule has 6 nitrogen and oxygen atoms in total. The number of benzene rings is 2. The maximum Gasteiger partial charge on any atom is 0.331 e. The molecule has 1 amide bonds. The van der Waals surface area contributed by atoms with Gasteiger partial charge in [-0.1, -0.05) is 36.4 Å². The third kappa shape index (κ3) is 6.46. The van der Waals surface area contributed by atoms with Gasteiger partial charge in [-0.05, 0) is 48.7 Å². The van der Waals surface area contributed by atoms with Crippen LogP contribution in [0.3, 0.4) is 0 Å². The monoisotopic (exact) mass is 389 g/mol. The Morgan fingerprint density at radius 1 is 1.10 bits per heavy atom. The normalized spacial score (nSPS) is 10.8. The van der Waals surface area contributed by atoms with E-state index >= 15 is 0 Å². The lowest BCUT2D eigenvalue weighted by Gasteiger charge is -2.07. The molecule has 0 saturated carbocycles. The van der Waals surface area contributed by atoms with Gasteiger partial charge in [0, 0.05) is 23.5 Å². The Kier molecular flexibility index (Phi) is 6.58. The molecule has 1 aromatic heterocycles. The Bertz CT molecular complexity index is 1000. The van der Waals surface area contributed by atoms with Crippen LogP contribution in [0.25, 0.3) is 6.08 Å². The van der Waals surface area contributed by atoms with Gasteiger partial charge in [-0.25, -0.2) is 4.79 Å². The molecule has 6 heteroatoms. The van der Waals surface area contributed by atoms with Gasteiger partial charge in [-0.15, -0.1) is 0 Å². The highest BCUT2D eigenvalue weighted by Crippen LogP contribution is 2.13. The number of nitrogens with zero attached hydrogens (tertiary/aromatic N) is 2. The molecule has 148 valence electrons. The fraction of sp³-hybridized carbons (Fsp3) is 0.174. The highest BCUT2D eigenvalue weighted by molar-refractivity contribution is 5.94. The van der Waals surface area contributed by atoms with Crippen LogP contribution >= 0.6 is 0 Å². The molecule has 0 radical (unpaired) electrons. The molecule has 1 N–H and O–H groups in total. The second-order valence-electron chi connectivity index (χ2n) is 6.82. The summed E-state index contributed by atoms with van der Waals surface area (Å²) in [6.07, 6.45) is 6.40. The van der Waals surface area contributed by atoms with Crippen molar-refractivity contribution < 1.29 is 14.3 Å². The molecule has 0 spiro atoms. The standard InChI is InChI=1S/C23H23N3O3/c1-17-10-18(2)12-21(11-17)25-22(27)16-29-23(28)9-8-20-13-24-26(15-20)14-19-6-4-3-5-7-19/h3-13,15H,14,16H2,1-2H3,(H,25,27)/b9-8+. The van der Waals surface area contributed by atoms with Crippen molar-refractivity contribution in [3.05, 3.63) is 89.3 Å². The topological polar surface area (TPSA) is 73.2 Å². The number of hydrogen-bond donors (Lipinski definition) is 1. The first kappa shape index (κ1) is 20.1. The summed E-state index contributed by atoms with van der Waals surface area (Å²) in [5.41, 5.74) is 4.70. The molecule has 0 bridgehead atoms. The number of carbonyl (C=O) groups excluding carboxylic acids is 2. The lowest BCUT2D eigenvalue weighted by Crippen LogP contribution is -2.20. The summed E-state index contributed by atoms with van der Waals surface area (Å²) in [7, 11) is 0. The van der Waals surface area contributed by atoms with Crippen LogP contribution in [0, 0.1) is 13.8 Å². The minimum atomic E-state index is -0.587. The zero-order chi connectivity index (χ0) is 20.6. The number of nitrogens with one attached hydrogen (secondary N) is 1. The van der Waals surface area contributed by atoms with Gasteiger partial charge in [0.2, 0.25) is 0 Å². The molecule has 0 aliphatic rings. The molecule has 0 aliphatic heterocycles. The van der Waals surface area contributed by atoms with E-state index < -0.39 is 5.97 Å². The predicted molar refractivity (Wildman–Crippen MR) is 112 cm³/mol. The van der Waals surface area contributed by atoms with Crippen LogP contribution in [0.4, 0.5) is 5.69 Å². The van der Waals surface area contributed by atoms with E-state index in [1.54, 1.807) is 17.0 Å². The van der Waals surface area contributed by atoms with Gasteiger partial charge >= 0.3 is 5.97 Å². The first-order valence-electron chi connectivity index (χ1n) is 9.27. The maximum atomic E-state index is 12.0. The number of anilines is 1. The Labute approximate surface area is 169 Å². The molecular weight excluding hydrogens is 366 g/mol. The van der Waals surface area contributed by atoms with E-state index in [1.165, 1.54) is 6.08 Å². The molecule has 3 aromatic rings. The van der Waals surface area contributed by atoms with Crippen LogP contribution in [0.1, 0.15) is 22.3 Å². The van der Waals surface area contributed by atoms with E-state index in [-0.39, 0.29) is 12.5 Å². The first-order valence-corrected chi connectivity index (χ1v) is 9.27. The molecule has 29 heavy (non-hydrogen) atoms. The smallest absolute Gasteiger partial charge is 0.331 e. The van der Waals surface area contributed by atoms with Crippen LogP contribution in [0.5, 0.6) is 0 Å². The number of ether oxygens (including phenoxy) is 1. The van der Waals surface area contributed by atoms with Crippen molar-refractivity contribution in [1.82, 2.24) is 9.78 Å².